The van der Waals surface area contributed by atoms with E-state index in [4.69, 9.17) is 0 Å². The van der Waals surface area contributed by atoms with Gasteiger partial charge in [0.1, 0.15) is 5.82 Å². The number of β-amino-alcohol motifs (C(OH)–C–C–N with tert-alkyl or cyclic N) is 1. The van der Waals surface area contributed by atoms with Gasteiger partial charge >= 0.3 is 0 Å². The molecular weight excluding hydrogens is 243 g/mol. The van der Waals surface area contributed by atoms with Gasteiger partial charge in [-0.05, 0) is 45.4 Å². The minimum Gasteiger partial charge on any atom is -0.388 e. The van der Waals surface area contributed by atoms with Crippen molar-refractivity contribution in [1.29, 1.82) is 0 Å². The molecule has 2 atom stereocenters. The van der Waals surface area contributed by atoms with E-state index in [9.17, 15) is 9.50 Å². The van der Waals surface area contributed by atoms with E-state index in [-0.39, 0.29) is 11.9 Å². The Balaban J connectivity index is 2.37. The van der Waals surface area contributed by atoms with Crippen LogP contribution in [0.25, 0.3) is 0 Å². The molecule has 2 N–H and O–H groups in total. The molecule has 0 aromatic heterocycles. The normalized spacial score (nSPS) is 25.4. The number of nitrogens with zero attached hydrogens (tertiary/aromatic N) is 1. The van der Waals surface area contributed by atoms with Crippen LogP contribution >= 0.6 is 0 Å². The topological polar surface area (TPSA) is 35.5 Å². The molecule has 0 saturated carbocycles. The number of anilines is 1. The van der Waals surface area contributed by atoms with E-state index in [0.29, 0.717) is 12.2 Å². The quantitative estimate of drug-likeness (QED) is 0.882. The molecule has 106 valence electrons. The summed E-state index contributed by atoms with van der Waals surface area (Å²) in [5.74, 6) is -0.211. The number of piperidine rings is 1. The molecule has 1 aromatic rings. The van der Waals surface area contributed by atoms with E-state index < -0.39 is 5.60 Å². The van der Waals surface area contributed by atoms with Crippen molar-refractivity contribution in [2.45, 2.75) is 38.3 Å². The molecule has 3 nitrogen and oxygen atoms in total. The fourth-order valence-electron chi connectivity index (χ4n) is 2.78. The van der Waals surface area contributed by atoms with Crippen LogP contribution in [-0.4, -0.2) is 30.8 Å². The molecule has 1 fully saturated rings. The van der Waals surface area contributed by atoms with Crippen LogP contribution in [-0.2, 0) is 0 Å². The number of hydrogen-bond acceptors (Lipinski definition) is 3. The van der Waals surface area contributed by atoms with Crippen LogP contribution in [0.3, 0.4) is 0 Å². The Kier molecular flexibility index (Phi) is 4.11. The summed E-state index contributed by atoms with van der Waals surface area (Å²) < 4.78 is 14.2. The van der Waals surface area contributed by atoms with Gasteiger partial charge in [0.15, 0.2) is 0 Å². The molecule has 1 aliphatic rings. The number of nitrogens with one attached hydrogen (secondary N) is 1. The molecule has 1 saturated heterocycles. The fourth-order valence-corrected chi connectivity index (χ4v) is 2.78. The Labute approximate surface area is 114 Å². The zero-order valence-corrected chi connectivity index (χ0v) is 11.9. The number of benzene rings is 1. The van der Waals surface area contributed by atoms with Gasteiger partial charge in [-0.2, -0.15) is 0 Å². The number of para-hydroxylation sites is 1. The second-order valence-electron chi connectivity index (χ2n) is 5.71. The molecule has 0 spiro atoms. The third-order valence-corrected chi connectivity index (χ3v) is 3.91. The minimum absolute atomic E-state index is 0.0811. The highest BCUT2D eigenvalue weighted by molar-refractivity contribution is 5.56. The maximum absolute atomic E-state index is 14.2. The van der Waals surface area contributed by atoms with Gasteiger partial charge in [-0.3, -0.25) is 0 Å². The highest BCUT2D eigenvalue weighted by Crippen LogP contribution is 2.33. The Morgan fingerprint density at radius 1 is 1.47 bits per heavy atom. The first-order chi connectivity index (χ1) is 8.94. The molecule has 0 amide bonds. The lowest BCUT2D eigenvalue weighted by Crippen LogP contribution is -2.47. The van der Waals surface area contributed by atoms with Crippen molar-refractivity contribution in [2.75, 3.05) is 25.0 Å². The number of halogens is 1. The summed E-state index contributed by atoms with van der Waals surface area (Å²) in [4.78, 5) is 1.97. The third-order valence-electron chi connectivity index (χ3n) is 3.91. The summed E-state index contributed by atoms with van der Waals surface area (Å²) in [5, 5.41) is 13.4. The molecular formula is C15H23FN2O. The van der Waals surface area contributed by atoms with Crippen LogP contribution < -0.4 is 10.2 Å². The fraction of sp³-hybridized carbons (Fsp3) is 0.600. The Bertz CT molecular complexity index is 448. The second kappa shape index (κ2) is 5.47. The third kappa shape index (κ3) is 3.07. The van der Waals surface area contributed by atoms with Gasteiger partial charge in [-0.25, -0.2) is 4.39 Å². The van der Waals surface area contributed by atoms with E-state index in [1.807, 2.05) is 31.9 Å². The van der Waals surface area contributed by atoms with Crippen molar-refractivity contribution >= 4 is 5.69 Å². The van der Waals surface area contributed by atoms with Gasteiger partial charge in [0.2, 0.25) is 0 Å². The number of hydrogen-bond donors (Lipinski definition) is 2. The van der Waals surface area contributed by atoms with Crippen LogP contribution in [0.1, 0.15) is 38.3 Å². The van der Waals surface area contributed by atoms with Gasteiger partial charge in [0, 0.05) is 19.1 Å². The first kappa shape index (κ1) is 14.3. The first-order valence-corrected chi connectivity index (χ1v) is 6.87. The summed E-state index contributed by atoms with van der Waals surface area (Å²) in [6, 6.07) is 5.26. The van der Waals surface area contributed by atoms with Crippen molar-refractivity contribution < 1.29 is 9.50 Å². The van der Waals surface area contributed by atoms with Crippen molar-refractivity contribution in [3.05, 3.63) is 29.6 Å². The Hall–Kier alpha value is -1.13. The largest absolute Gasteiger partial charge is 0.388 e. The smallest absolute Gasteiger partial charge is 0.146 e. The van der Waals surface area contributed by atoms with Crippen molar-refractivity contribution in [3.8, 4) is 0 Å². The van der Waals surface area contributed by atoms with E-state index in [1.54, 1.807) is 6.07 Å². The standard InChI is InChI=1S/C15H23FN2O/c1-11(17-3)12-6-4-7-13(16)14(12)18-9-5-8-15(2,19)10-18/h4,6-7,11,17,19H,5,8-10H2,1-3H3. The molecule has 1 heterocycles. The van der Waals surface area contributed by atoms with E-state index in [2.05, 4.69) is 5.32 Å². The van der Waals surface area contributed by atoms with Gasteiger partial charge < -0.3 is 15.3 Å². The number of rotatable bonds is 3. The molecule has 2 rings (SSSR count). The molecule has 1 aromatic carbocycles. The van der Waals surface area contributed by atoms with Crippen LogP contribution in [0.4, 0.5) is 10.1 Å². The molecule has 0 bridgehead atoms. The average Bonchev–Trinajstić information content (AvgIpc) is 2.36. The predicted octanol–water partition coefficient (Wildman–Crippen LogP) is 2.46. The molecule has 0 radical (unpaired) electrons. The Morgan fingerprint density at radius 2 is 2.21 bits per heavy atom. The summed E-state index contributed by atoms with van der Waals surface area (Å²) >= 11 is 0. The average molecular weight is 266 g/mol. The van der Waals surface area contributed by atoms with Gasteiger partial charge in [0.25, 0.3) is 0 Å². The van der Waals surface area contributed by atoms with E-state index >= 15 is 0 Å². The highest BCUT2D eigenvalue weighted by Gasteiger charge is 2.31. The van der Waals surface area contributed by atoms with Crippen LogP contribution in [0.2, 0.25) is 0 Å². The van der Waals surface area contributed by atoms with Crippen LogP contribution in [0.15, 0.2) is 18.2 Å². The second-order valence-corrected chi connectivity index (χ2v) is 5.71. The maximum Gasteiger partial charge on any atom is 0.146 e. The zero-order chi connectivity index (χ0) is 14.0. The highest BCUT2D eigenvalue weighted by atomic mass is 19.1. The van der Waals surface area contributed by atoms with E-state index in [0.717, 1.165) is 24.9 Å². The lowest BCUT2D eigenvalue weighted by Gasteiger charge is -2.39. The van der Waals surface area contributed by atoms with Crippen molar-refractivity contribution in [2.24, 2.45) is 0 Å². The summed E-state index contributed by atoms with van der Waals surface area (Å²) in [6.07, 6.45) is 1.66. The lowest BCUT2D eigenvalue weighted by atomic mass is 9.93. The van der Waals surface area contributed by atoms with Gasteiger partial charge in [0.05, 0.1) is 11.3 Å². The Morgan fingerprint density at radius 3 is 2.84 bits per heavy atom. The monoisotopic (exact) mass is 266 g/mol. The maximum atomic E-state index is 14.2. The molecule has 2 unspecified atom stereocenters. The summed E-state index contributed by atoms with van der Waals surface area (Å²) in [6.45, 7) is 5.11. The van der Waals surface area contributed by atoms with Crippen LogP contribution in [0.5, 0.6) is 0 Å². The molecule has 19 heavy (non-hydrogen) atoms. The first-order valence-electron chi connectivity index (χ1n) is 6.87. The van der Waals surface area contributed by atoms with Crippen molar-refractivity contribution in [1.82, 2.24) is 5.32 Å². The predicted molar refractivity (Wildman–Crippen MR) is 75.9 cm³/mol. The minimum atomic E-state index is -0.735. The zero-order valence-electron chi connectivity index (χ0n) is 11.9. The molecule has 1 aliphatic heterocycles. The van der Waals surface area contributed by atoms with Crippen LogP contribution in [0, 0.1) is 5.82 Å². The van der Waals surface area contributed by atoms with Gasteiger partial charge in [-0.15, -0.1) is 0 Å². The summed E-state index contributed by atoms with van der Waals surface area (Å²) in [5.41, 5.74) is 0.838. The summed E-state index contributed by atoms with van der Waals surface area (Å²) in [7, 11) is 1.87. The van der Waals surface area contributed by atoms with Crippen molar-refractivity contribution in [3.63, 3.8) is 0 Å². The van der Waals surface area contributed by atoms with E-state index in [1.165, 1.54) is 6.07 Å². The molecule has 4 heteroatoms. The molecule has 0 aliphatic carbocycles. The van der Waals surface area contributed by atoms with Gasteiger partial charge in [-0.1, -0.05) is 12.1 Å². The lowest BCUT2D eigenvalue weighted by molar-refractivity contribution is 0.0447. The SMILES string of the molecule is CNC(C)c1cccc(F)c1N1CCCC(C)(O)C1. The number of aliphatic hydroxyl groups is 1.